The average molecular weight is 535 g/mol. The van der Waals surface area contributed by atoms with Gasteiger partial charge in [0.25, 0.3) is 0 Å². The van der Waals surface area contributed by atoms with Gasteiger partial charge in [-0.1, -0.05) is 18.2 Å². The predicted molar refractivity (Wildman–Crippen MR) is 156 cm³/mol. The number of pyridine rings is 1. The summed E-state index contributed by atoms with van der Waals surface area (Å²) in [5.74, 6) is 0.810. The molecule has 1 aliphatic rings. The Hall–Kier alpha value is -4.72. The number of rotatable bonds is 5. The van der Waals surface area contributed by atoms with E-state index < -0.39 is 11.6 Å². The van der Waals surface area contributed by atoms with Crippen LogP contribution in [0.25, 0.3) is 43.9 Å². The maximum Gasteiger partial charge on any atom is 0.307 e. The molecule has 5 aromatic rings. The van der Waals surface area contributed by atoms with Crippen molar-refractivity contribution in [1.82, 2.24) is 15.0 Å². The summed E-state index contributed by atoms with van der Waals surface area (Å²) < 4.78 is 12.6. The summed E-state index contributed by atoms with van der Waals surface area (Å²) in [6, 6.07) is 12.0. The first-order chi connectivity index (χ1) is 19.1. The fourth-order valence-electron chi connectivity index (χ4n) is 5.57. The minimum atomic E-state index is -0.910. The molecule has 3 N–H and O–H groups in total. The second kappa shape index (κ2) is 9.48. The zero-order valence-corrected chi connectivity index (χ0v) is 22.9. The van der Waals surface area contributed by atoms with Crippen LogP contribution in [0, 0.1) is 6.92 Å². The van der Waals surface area contributed by atoms with Gasteiger partial charge in [0, 0.05) is 35.8 Å². The van der Waals surface area contributed by atoms with Crippen LogP contribution in [0.4, 0.5) is 5.82 Å². The van der Waals surface area contributed by atoms with Gasteiger partial charge >= 0.3 is 5.97 Å². The summed E-state index contributed by atoms with van der Waals surface area (Å²) in [4.78, 5) is 25.3. The molecule has 202 valence electrons. The molecule has 0 unspecified atom stereocenters. The summed E-state index contributed by atoms with van der Waals surface area (Å²) in [6.07, 6.45) is 5.55. The lowest BCUT2D eigenvalue weighted by Gasteiger charge is -2.28. The summed E-state index contributed by atoms with van der Waals surface area (Å²) in [5.41, 5.74) is 12.3. The Kier molecular flexibility index (Phi) is 6.06. The van der Waals surface area contributed by atoms with Crippen LogP contribution in [0.3, 0.4) is 0 Å². The Bertz CT molecular complexity index is 1820. The number of carbonyl (C=O) groups is 1. The van der Waals surface area contributed by atoms with E-state index in [1.54, 1.807) is 6.20 Å². The number of nitrogens with two attached hydrogens (primary N) is 1. The lowest BCUT2D eigenvalue weighted by atomic mass is 9.85. The second-order valence-corrected chi connectivity index (χ2v) is 11.1. The van der Waals surface area contributed by atoms with Gasteiger partial charge < -0.3 is 20.3 Å². The maximum atomic E-state index is 12.2. The quantitative estimate of drug-likeness (QED) is 0.276. The van der Waals surface area contributed by atoms with Crippen LogP contribution in [0.1, 0.15) is 37.5 Å². The van der Waals surface area contributed by atoms with E-state index in [9.17, 15) is 9.90 Å². The number of hydrogen-bond donors (Lipinski definition) is 2. The SMILES string of the molecule is Cc1cc2cc(-c3cncnc3N)ccc2c(-c2c(OC(C)(C)C)cc3c4c(ccnc24)CCO3)c1CC(=O)O. The molecule has 0 atom stereocenters. The van der Waals surface area contributed by atoms with Crippen molar-refractivity contribution in [2.24, 2.45) is 0 Å². The topological polar surface area (TPSA) is 120 Å². The van der Waals surface area contributed by atoms with Gasteiger partial charge in [0.15, 0.2) is 0 Å². The molecule has 0 radical (unpaired) electrons. The van der Waals surface area contributed by atoms with Crippen LogP contribution in [-0.4, -0.2) is 38.2 Å². The van der Waals surface area contributed by atoms with E-state index in [-0.39, 0.29) is 6.42 Å². The van der Waals surface area contributed by atoms with Crippen LogP contribution in [-0.2, 0) is 17.6 Å². The van der Waals surface area contributed by atoms with E-state index in [1.165, 1.54) is 6.33 Å². The van der Waals surface area contributed by atoms with Crippen LogP contribution < -0.4 is 15.2 Å². The summed E-state index contributed by atoms with van der Waals surface area (Å²) in [7, 11) is 0. The summed E-state index contributed by atoms with van der Waals surface area (Å²) >= 11 is 0. The number of carboxylic acids is 1. The third kappa shape index (κ3) is 4.45. The molecule has 0 aliphatic carbocycles. The van der Waals surface area contributed by atoms with Gasteiger partial charge in [-0.3, -0.25) is 9.78 Å². The number of aryl methyl sites for hydroxylation is 1. The van der Waals surface area contributed by atoms with Crippen molar-refractivity contribution < 1.29 is 19.4 Å². The van der Waals surface area contributed by atoms with Crippen molar-refractivity contribution in [2.75, 3.05) is 12.3 Å². The standard InChI is InChI=1S/C32H30N4O4/c1-17-11-20-12-19(23-15-34-16-36-31(23)33)5-6-21(20)28(22(17)13-26(37)38)29-25(40-32(2,3)4)14-24-27-18(8-10-39-24)7-9-35-30(27)29/h5-7,9,11-12,14-16H,8,10,13H2,1-4H3,(H,37,38)(H2,33,34,36). The number of benzene rings is 3. The Morgan fingerprint density at radius 1 is 1.12 bits per heavy atom. The zero-order chi connectivity index (χ0) is 28.2. The van der Waals surface area contributed by atoms with Crippen LogP contribution >= 0.6 is 0 Å². The highest BCUT2D eigenvalue weighted by atomic mass is 16.5. The molecule has 6 rings (SSSR count). The molecule has 0 saturated heterocycles. The molecule has 0 amide bonds. The lowest BCUT2D eigenvalue weighted by Crippen LogP contribution is -2.24. The summed E-state index contributed by atoms with van der Waals surface area (Å²) in [6.45, 7) is 8.49. The first kappa shape index (κ1) is 25.6. The van der Waals surface area contributed by atoms with Crippen molar-refractivity contribution in [3.05, 3.63) is 71.8 Å². The third-order valence-corrected chi connectivity index (χ3v) is 7.18. The fraction of sp³-hybridized carbons (Fsp3) is 0.250. The van der Waals surface area contributed by atoms with Crippen LogP contribution in [0.15, 0.2) is 55.1 Å². The molecule has 1 aliphatic heterocycles. The van der Waals surface area contributed by atoms with Crippen LogP contribution in [0.5, 0.6) is 11.5 Å². The van der Waals surface area contributed by atoms with Crippen molar-refractivity contribution in [1.29, 1.82) is 0 Å². The number of fused-ring (bicyclic) bond motifs is 1. The van der Waals surface area contributed by atoms with Crippen molar-refractivity contribution in [3.8, 4) is 33.8 Å². The first-order valence-electron chi connectivity index (χ1n) is 13.2. The number of carboxylic acid groups (broad SMARTS) is 1. The van der Waals surface area contributed by atoms with Crippen molar-refractivity contribution >= 4 is 33.5 Å². The highest BCUT2D eigenvalue weighted by Gasteiger charge is 2.28. The molecule has 3 heterocycles. The maximum absolute atomic E-state index is 12.2. The van der Waals surface area contributed by atoms with Gasteiger partial charge in [0.1, 0.15) is 29.2 Å². The van der Waals surface area contributed by atoms with Crippen LogP contribution in [0.2, 0.25) is 0 Å². The number of nitrogen functional groups attached to an aromatic ring is 1. The van der Waals surface area contributed by atoms with E-state index >= 15 is 0 Å². The second-order valence-electron chi connectivity index (χ2n) is 11.1. The van der Waals surface area contributed by atoms with E-state index in [0.29, 0.717) is 23.7 Å². The first-order valence-corrected chi connectivity index (χ1v) is 13.2. The number of nitrogens with zero attached hydrogens (tertiary/aromatic N) is 3. The number of aliphatic carboxylic acids is 1. The Labute approximate surface area is 231 Å². The molecule has 2 aromatic heterocycles. The number of aromatic nitrogens is 3. The monoisotopic (exact) mass is 534 g/mol. The highest BCUT2D eigenvalue weighted by Crippen LogP contribution is 2.49. The van der Waals surface area contributed by atoms with Gasteiger partial charge in [0.2, 0.25) is 0 Å². The normalized spacial score (nSPS) is 12.9. The summed E-state index contributed by atoms with van der Waals surface area (Å²) in [5, 5.41) is 12.7. The Balaban J connectivity index is 1.74. The lowest BCUT2D eigenvalue weighted by molar-refractivity contribution is -0.136. The molecule has 0 saturated carbocycles. The van der Waals surface area contributed by atoms with Gasteiger partial charge in [-0.2, -0.15) is 0 Å². The number of hydrogen-bond acceptors (Lipinski definition) is 7. The molecule has 0 spiro atoms. The van der Waals surface area contributed by atoms with E-state index in [4.69, 9.17) is 20.2 Å². The van der Waals surface area contributed by atoms with E-state index in [2.05, 4.69) is 9.97 Å². The van der Waals surface area contributed by atoms with E-state index in [0.717, 1.165) is 67.2 Å². The number of anilines is 1. The van der Waals surface area contributed by atoms with Gasteiger partial charge in [-0.25, -0.2) is 9.97 Å². The van der Waals surface area contributed by atoms with E-state index in [1.807, 2.05) is 70.3 Å². The number of ether oxygens (including phenoxy) is 2. The van der Waals surface area contributed by atoms with Crippen molar-refractivity contribution in [2.45, 2.75) is 46.1 Å². The van der Waals surface area contributed by atoms with Crippen molar-refractivity contribution in [3.63, 3.8) is 0 Å². The minimum absolute atomic E-state index is 0.146. The molecular weight excluding hydrogens is 504 g/mol. The largest absolute Gasteiger partial charge is 0.492 e. The molecule has 8 nitrogen and oxygen atoms in total. The molecule has 0 bridgehead atoms. The van der Waals surface area contributed by atoms with Gasteiger partial charge in [-0.15, -0.1) is 0 Å². The molecule has 3 aromatic carbocycles. The fourth-order valence-corrected chi connectivity index (χ4v) is 5.57. The average Bonchev–Trinajstić information content (AvgIpc) is 2.89. The molecule has 0 fully saturated rings. The minimum Gasteiger partial charge on any atom is -0.492 e. The Morgan fingerprint density at radius 2 is 1.95 bits per heavy atom. The third-order valence-electron chi connectivity index (χ3n) is 7.18. The molecule has 8 heteroatoms. The van der Waals surface area contributed by atoms with Gasteiger partial charge in [-0.05, 0) is 78.4 Å². The smallest absolute Gasteiger partial charge is 0.307 e. The highest BCUT2D eigenvalue weighted by molar-refractivity contribution is 6.11. The molecule has 40 heavy (non-hydrogen) atoms. The zero-order valence-electron chi connectivity index (χ0n) is 22.9. The Morgan fingerprint density at radius 3 is 2.70 bits per heavy atom. The predicted octanol–water partition coefficient (Wildman–Crippen LogP) is 6.14. The molecular formula is C32H30N4O4. The van der Waals surface area contributed by atoms with Gasteiger partial charge in [0.05, 0.1) is 24.1 Å².